The van der Waals surface area contributed by atoms with E-state index >= 15 is 0 Å². The van der Waals surface area contributed by atoms with Gasteiger partial charge in [0.05, 0.1) is 28.4 Å². The van der Waals surface area contributed by atoms with E-state index in [0.717, 1.165) is 25.7 Å². The van der Waals surface area contributed by atoms with Gasteiger partial charge >= 0.3 is 0 Å². The zero-order valence-corrected chi connectivity index (χ0v) is 25.0. The molecule has 1 atom stereocenters. The minimum atomic E-state index is -0.504. The predicted octanol–water partition coefficient (Wildman–Crippen LogP) is 7.49. The Hall–Kier alpha value is -4.18. The second-order valence-corrected chi connectivity index (χ2v) is 12.2. The summed E-state index contributed by atoms with van der Waals surface area (Å²) in [7, 11) is 0. The Balaban J connectivity index is 1.21. The van der Waals surface area contributed by atoms with Gasteiger partial charge in [-0.3, -0.25) is 14.4 Å². The van der Waals surface area contributed by atoms with Gasteiger partial charge in [0.2, 0.25) is 11.8 Å². The highest BCUT2D eigenvalue weighted by molar-refractivity contribution is 8.01. The molecule has 0 unspecified atom stereocenters. The quantitative estimate of drug-likeness (QED) is 0.142. The Morgan fingerprint density at radius 1 is 0.881 bits per heavy atom. The molecule has 212 valence electrons. The number of hydrogen-bond donors (Lipinski definition) is 3. The number of aryl methyl sites for hydroxylation is 1. The summed E-state index contributed by atoms with van der Waals surface area (Å²) in [6, 6.07) is 28.7. The van der Waals surface area contributed by atoms with Crippen molar-refractivity contribution in [3.05, 3.63) is 119 Å². The molecule has 4 aromatic carbocycles. The van der Waals surface area contributed by atoms with E-state index in [2.05, 4.69) is 20.9 Å². The third kappa shape index (κ3) is 7.76. The molecule has 7 nitrogen and oxygen atoms in total. The maximum absolute atomic E-state index is 13.1. The van der Waals surface area contributed by atoms with Gasteiger partial charge in [-0.2, -0.15) is 0 Å². The van der Waals surface area contributed by atoms with Crippen LogP contribution >= 0.6 is 34.7 Å². The fourth-order valence-electron chi connectivity index (χ4n) is 4.25. The molecule has 3 amide bonds. The second kappa shape index (κ2) is 13.7. The number of anilines is 2. The first kappa shape index (κ1) is 29.3. The van der Waals surface area contributed by atoms with Gasteiger partial charge in [-0.15, -0.1) is 11.3 Å². The summed E-state index contributed by atoms with van der Waals surface area (Å²) >= 11 is 8.85. The molecule has 0 bridgehead atoms. The van der Waals surface area contributed by atoms with Gasteiger partial charge in [0.25, 0.3) is 5.91 Å². The Morgan fingerprint density at radius 2 is 1.62 bits per heavy atom. The van der Waals surface area contributed by atoms with Crippen molar-refractivity contribution in [3.8, 4) is 0 Å². The number of hydrogen-bond acceptors (Lipinski definition) is 6. The third-order valence-electron chi connectivity index (χ3n) is 6.39. The van der Waals surface area contributed by atoms with E-state index in [4.69, 9.17) is 11.6 Å². The van der Waals surface area contributed by atoms with Crippen LogP contribution in [0.2, 0.25) is 5.02 Å². The molecule has 1 heterocycles. The molecular weight excluding hydrogens is 588 g/mol. The Labute approximate surface area is 256 Å². The van der Waals surface area contributed by atoms with Gasteiger partial charge in [0, 0.05) is 22.0 Å². The van der Waals surface area contributed by atoms with Gasteiger partial charge in [-0.25, -0.2) is 4.98 Å². The molecule has 0 spiro atoms. The highest BCUT2D eigenvalue weighted by atomic mass is 35.5. The van der Waals surface area contributed by atoms with Crippen LogP contribution < -0.4 is 16.0 Å². The molecule has 42 heavy (non-hydrogen) atoms. The smallest absolute Gasteiger partial charge is 0.251 e. The van der Waals surface area contributed by atoms with Gasteiger partial charge in [0.1, 0.15) is 0 Å². The van der Waals surface area contributed by atoms with Crippen molar-refractivity contribution >= 4 is 74.0 Å². The summed E-state index contributed by atoms with van der Waals surface area (Å²) in [5, 5.41) is 9.40. The molecule has 0 radical (unpaired) electrons. The van der Waals surface area contributed by atoms with Crippen LogP contribution in [-0.4, -0.2) is 28.5 Å². The minimum absolute atomic E-state index is 0.0611. The van der Waals surface area contributed by atoms with E-state index < -0.39 is 6.04 Å². The molecule has 0 saturated heterocycles. The lowest BCUT2D eigenvalue weighted by atomic mass is 10.0. The van der Waals surface area contributed by atoms with Crippen LogP contribution in [0.15, 0.2) is 101 Å². The minimum Gasteiger partial charge on any atom is -0.345 e. The molecule has 1 aromatic heterocycles. The first-order valence-electron chi connectivity index (χ1n) is 13.1. The first-order chi connectivity index (χ1) is 20.3. The van der Waals surface area contributed by atoms with Crippen molar-refractivity contribution in [2.45, 2.75) is 23.7 Å². The Morgan fingerprint density at radius 3 is 2.38 bits per heavy atom. The van der Waals surface area contributed by atoms with Gasteiger partial charge in [0.15, 0.2) is 4.34 Å². The summed E-state index contributed by atoms with van der Waals surface area (Å²) in [6.07, 6.45) is 0.0611. The van der Waals surface area contributed by atoms with E-state index in [1.54, 1.807) is 42.5 Å². The number of carbonyl (C=O) groups is 3. The Kier molecular flexibility index (Phi) is 9.53. The van der Waals surface area contributed by atoms with E-state index in [0.29, 0.717) is 22.0 Å². The van der Waals surface area contributed by atoms with Crippen LogP contribution in [0.3, 0.4) is 0 Å². The molecule has 0 fully saturated rings. The van der Waals surface area contributed by atoms with Crippen molar-refractivity contribution in [2.75, 3.05) is 16.4 Å². The monoisotopic (exact) mass is 614 g/mol. The fourth-order valence-corrected chi connectivity index (χ4v) is 6.33. The average molecular weight is 615 g/mol. The van der Waals surface area contributed by atoms with Crippen LogP contribution in [0.5, 0.6) is 0 Å². The van der Waals surface area contributed by atoms with E-state index in [1.807, 2.05) is 61.5 Å². The van der Waals surface area contributed by atoms with Crippen LogP contribution in [0.1, 0.15) is 33.9 Å². The zero-order chi connectivity index (χ0) is 29.5. The summed E-state index contributed by atoms with van der Waals surface area (Å²) in [6.45, 7) is 1.91. The zero-order valence-electron chi connectivity index (χ0n) is 22.6. The van der Waals surface area contributed by atoms with Crippen molar-refractivity contribution in [1.29, 1.82) is 0 Å². The number of benzene rings is 4. The normalized spacial score (nSPS) is 11.6. The molecule has 0 aliphatic rings. The van der Waals surface area contributed by atoms with E-state index in [9.17, 15) is 14.4 Å². The summed E-state index contributed by atoms with van der Waals surface area (Å²) < 4.78 is 1.64. The standard InChI is InChI=1S/C32H27ClN4O3S2/c1-20-12-13-23(33)16-26(20)35-30(39)19-41-32-37-25-15-14-24(17-28(25)42-32)34-29(38)18-27(21-8-4-2-5-9-21)36-31(40)22-10-6-3-7-11-22/h2-17,27H,18-19H2,1H3,(H,34,38)(H,35,39)(H,36,40)/t27-/m0/s1. The number of thiazole rings is 1. The lowest BCUT2D eigenvalue weighted by molar-refractivity contribution is -0.116. The van der Waals surface area contributed by atoms with Crippen molar-refractivity contribution < 1.29 is 14.4 Å². The van der Waals surface area contributed by atoms with Crippen LogP contribution in [0.4, 0.5) is 11.4 Å². The lowest BCUT2D eigenvalue weighted by Crippen LogP contribution is -2.31. The predicted molar refractivity (Wildman–Crippen MR) is 172 cm³/mol. The SMILES string of the molecule is Cc1ccc(Cl)cc1NC(=O)CSc1nc2ccc(NC(=O)C[C@H](NC(=O)c3ccccc3)c3ccccc3)cc2s1. The van der Waals surface area contributed by atoms with E-state index in [1.165, 1.54) is 23.1 Å². The number of amides is 3. The van der Waals surface area contributed by atoms with Crippen LogP contribution in [0, 0.1) is 6.92 Å². The largest absolute Gasteiger partial charge is 0.345 e. The molecule has 10 heteroatoms. The van der Waals surface area contributed by atoms with E-state index in [-0.39, 0.29) is 29.9 Å². The van der Waals surface area contributed by atoms with Gasteiger partial charge in [-0.1, -0.05) is 78.0 Å². The first-order valence-corrected chi connectivity index (χ1v) is 15.3. The molecule has 5 rings (SSSR count). The number of nitrogens with one attached hydrogen (secondary N) is 3. The molecule has 0 saturated carbocycles. The summed E-state index contributed by atoms with van der Waals surface area (Å²) in [5.41, 5.74) is 4.39. The highest BCUT2D eigenvalue weighted by Crippen LogP contribution is 2.32. The number of thioether (sulfide) groups is 1. The molecule has 0 aliphatic heterocycles. The summed E-state index contributed by atoms with van der Waals surface area (Å²) in [5.74, 6) is -0.427. The Bertz CT molecular complexity index is 1730. The number of fused-ring (bicyclic) bond motifs is 1. The number of aromatic nitrogens is 1. The average Bonchev–Trinajstić information content (AvgIpc) is 3.41. The topological polar surface area (TPSA) is 100 Å². The van der Waals surface area contributed by atoms with Crippen LogP contribution in [0.25, 0.3) is 10.2 Å². The summed E-state index contributed by atoms with van der Waals surface area (Å²) in [4.78, 5) is 43.1. The second-order valence-electron chi connectivity index (χ2n) is 9.51. The highest BCUT2D eigenvalue weighted by Gasteiger charge is 2.20. The molecule has 0 aliphatic carbocycles. The number of nitrogens with zero attached hydrogens (tertiary/aromatic N) is 1. The third-order valence-corrected chi connectivity index (χ3v) is 8.78. The number of carbonyl (C=O) groups excluding carboxylic acids is 3. The molecule has 5 aromatic rings. The maximum atomic E-state index is 13.1. The number of halogens is 1. The van der Waals surface area contributed by atoms with Crippen molar-refractivity contribution in [3.63, 3.8) is 0 Å². The fraction of sp³-hybridized carbons (Fsp3) is 0.125. The number of rotatable bonds is 10. The molecule has 3 N–H and O–H groups in total. The molecular formula is C32H27ClN4O3S2. The van der Waals surface area contributed by atoms with Gasteiger partial charge < -0.3 is 16.0 Å². The maximum Gasteiger partial charge on any atom is 0.251 e. The van der Waals surface area contributed by atoms with Gasteiger partial charge in [-0.05, 0) is 60.5 Å². The van der Waals surface area contributed by atoms with Crippen molar-refractivity contribution in [2.24, 2.45) is 0 Å². The van der Waals surface area contributed by atoms with Crippen LogP contribution in [-0.2, 0) is 9.59 Å². The van der Waals surface area contributed by atoms with Crippen molar-refractivity contribution in [1.82, 2.24) is 10.3 Å². The lowest BCUT2D eigenvalue weighted by Gasteiger charge is -2.19.